The number of nitrogens with two attached hydrogens (primary N) is 1. The van der Waals surface area contributed by atoms with Crippen molar-refractivity contribution < 1.29 is 4.79 Å². The summed E-state index contributed by atoms with van der Waals surface area (Å²) in [5.74, 6) is 0.566. The summed E-state index contributed by atoms with van der Waals surface area (Å²) in [5, 5.41) is 2.84. The predicted molar refractivity (Wildman–Crippen MR) is 104 cm³/mol. The van der Waals surface area contributed by atoms with Crippen molar-refractivity contribution in [2.75, 3.05) is 5.32 Å². The highest BCUT2D eigenvalue weighted by Crippen LogP contribution is 2.47. The number of nitrogens with one attached hydrogen (secondary N) is 1. The molecule has 4 unspecified atom stereocenters. The number of anilines is 1. The van der Waals surface area contributed by atoms with Crippen molar-refractivity contribution in [1.82, 2.24) is 4.57 Å². The van der Waals surface area contributed by atoms with E-state index in [1.807, 2.05) is 30.3 Å². The van der Waals surface area contributed by atoms with Crippen LogP contribution in [0.3, 0.4) is 0 Å². The lowest BCUT2D eigenvalue weighted by atomic mass is 9.84. The molecule has 1 amide bonds. The monoisotopic (exact) mass is 373 g/mol. The Bertz CT molecular complexity index is 834. The quantitative estimate of drug-likeness (QED) is 0.864. The molecule has 26 heavy (non-hydrogen) atoms. The zero-order chi connectivity index (χ0) is 17.4. The van der Waals surface area contributed by atoms with Gasteiger partial charge in [0, 0.05) is 12.2 Å². The Labute approximate surface area is 159 Å². The van der Waals surface area contributed by atoms with E-state index in [2.05, 4.69) is 5.32 Å². The van der Waals surface area contributed by atoms with Gasteiger partial charge in [-0.25, -0.2) is 0 Å². The molecule has 2 bridgehead atoms. The highest BCUT2D eigenvalue weighted by Gasteiger charge is 2.49. The molecular weight excluding hydrogens is 350 g/mol. The van der Waals surface area contributed by atoms with E-state index in [0.29, 0.717) is 24.1 Å². The van der Waals surface area contributed by atoms with Gasteiger partial charge < -0.3 is 15.6 Å². The first kappa shape index (κ1) is 18.7. The smallest absolute Gasteiger partial charge is 0.274 e. The third-order valence-electron chi connectivity index (χ3n) is 5.76. The second kappa shape index (κ2) is 7.64. The van der Waals surface area contributed by atoms with Crippen LogP contribution in [0.1, 0.15) is 24.8 Å². The topological polar surface area (TPSA) is 77.1 Å². The summed E-state index contributed by atoms with van der Waals surface area (Å²) in [6, 6.07) is 13.2. The normalized spacial score (nSPS) is 26.3. The lowest BCUT2D eigenvalue weighted by Crippen LogP contribution is -2.43. The average molecular weight is 374 g/mol. The number of hydrogen-bond donors (Lipinski definition) is 2. The first-order chi connectivity index (χ1) is 12.1. The first-order valence-corrected chi connectivity index (χ1v) is 8.93. The van der Waals surface area contributed by atoms with Crippen molar-refractivity contribution in [1.29, 1.82) is 0 Å². The second-order valence-electron chi connectivity index (χ2n) is 7.27. The molecule has 3 N–H and O–H groups in total. The molecule has 1 heterocycles. The number of rotatable bonds is 4. The van der Waals surface area contributed by atoms with Crippen molar-refractivity contribution in [2.24, 2.45) is 23.5 Å². The zero-order valence-corrected chi connectivity index (χ0v) is 15.3. The number of hydrogen-bond acceptors (Lipinski definition) is 3. The number of nitrogens with zero attached hydrogens (tertiary/aromatic N) is 1. The van der Waals surface area contributed by atoms with Gasteiger partial charge in [-0.3, -0.25) is 9.59 Å². The first-order valence-electron chi connectivity index (χ1n) is 8.93. The minimum absolute atomic E-state index is 0. The Morgan fingerprint density at radius 3 is 2.54 bits per heavy atom. The highest BCUT2D eigenvalue weighted by molar-refractivity contribution is 5.93. The van der Waals surface area contributed by atoms with Crippen LogP contribution in [-0.4, -0.2) is 16.5 Å². The second-order valence-corrected chi connectivity index (χ2v) is 7.27. The van der Waals surface area contributed by atoms with Gasteiger partial charge in [-0.2, -0.15) is 0 Å². The summed E-state index contributed by atoms with van der Waals surface area (Å²) in [7, 11) is 0. The van der Waals surface area contributed by atoms with E-state index in [0.717, 1.165) is 24.8 Å². The van der Waals surface area contributed by atoms with Crippen molar-refractivity contribution in [3.8, 4) is 0 Å². The number of carbonyl (C=O) groups excluding carboxylic acids is 1. The Morgan fingerprint density at radius 2 is 1.85 bits per heavy atom. The van der Waals surface area contributed by atoms with E-state index in [4.69, 9.17) is 5.73 Å². The Hall–Kier alpha value is -2.11. The van der Waals surface area contributed by atoms with Crippen LogP contribution >= 0.6 is 12.4 Å². The number of carbonyl (C=O) groups is 1. The fraction of sp³-hybridized carbons (Fsp3) is 0.400. The maximum atomic E-state index is 12.7. The lowest BCUT2D eigenvalue weighted by molar-refractivity contribution is -0.121. The van der Waals surface area contributed by atoms with Crippen LogP contribution in [0.4, 0.5) is 5.69 Å². The summed E-state index contributed by atoms with van der Waals surface area (Å²) in [5.41, 5.74) is 7.44. The number of halogens is 1. The van der Waals surface area contributed by atoms with E-state index in [-0.39, 0.29) is 35.8 Å². The molecule has 0 aliphatic heterocycles. The molecule has 2 saturated carbocycles. The summed E-state index contributed by atoms with van der Waals surface area (Å²) < 4.78 is 1.62. The standard InChI is InChI=1S/C20H23N3O2.ClH/c21-18-15-9-8-14(11-15)17(18)19(24)22-16-7-4-10-23(20(16)25)12-13-5-2-1-3-6-13;/h1-7,10,14-15,17-18H,8-9,11-12,21H2,(H,22,24);1H. The van der Waals surface area contributed by atoms with Crippen molar-refractivity contribution >= 4 is 24.0 Å². The molecule has 5 nitrogen and oxygen atoms in total. The Balaban J connectivity index is 0.00000196. The molecular formula is C20H24ClN3O2. The van der Waals surface area contributed by atoms with E-state index < -0.39 is 0 Å². The van der Waals surface area contributed by atoms with Crippen molar-refractivity contribution in [3.05, 3.63) is 64.6 Å². The molecule has 4 atom stereocenters. The van der Waals surface area contributed by atoms with Crippen molar-refractivity contribution in [3.63, 3.8) is 0 Å². The van der Waals surface area contributed by atoms with Gasteiger partial charge in [0.05, 0.1) is 12.5 Å². The van der Waals surface area contributed by atoms with Gasteiger partial charge in [-0.05, 0) is 48.8 Å². The van der Waals surface area contributed by atoms with Crippen LogP contribution in [0.5, 0.6) is 0 Å². The Morgan fingerprint density at radius 1 is 1.12 bits per heavy atom. The summed E-state index contributed by atoms with van der Waals surface area (Å²) in [6.45, 7) is 0.483. The van der Waals surface area contributed by atoms with Gasteiger partial charge in [0.15, 0.2) is 0 Å². The Kier molecular flexibility index (Phi) is 5.49. The van der Waals surface area contributed by atoms with E-state index in [1.54, 1.807) is 22.9 Å². The zero-order valence-electron chi connectivity index (χ0n) is 14.5. The number of pyridine rings is 1. The number of fused-ring (bicyclic) bond motifs is 2. The van der Waals surface area contributed by atoms with Gasteiger partial charge >= 0.3 is 0 Å². The van der Waals surface area contributed by atoms with Crippen LogP contribution in [0.25, 0.3) is 0 Å². The summed E-state index contributed by atoms with van der Waals surface area (Å²) in [4.78, 5) is 25.4. The van der Waals surface area contributed by atoms with Gasteiger partial charge in [0.1, 0.15) is 5.69 Å². The number of benzene rings is 1. The molecule has 0 saturated heterocycles. The van der Waals surface area contributed by atoms with Crippen LogP contribution in [-0.2, 0) is 11.3 Å². The molecule has 6 heteroatoms. The predicted octanol–water partition coefficient (Wildman–Crippen LogP) is 2.63. The molecule has 2 aliphatic rings. The van der Waals surface area contributed by atoms with Crippen LogP contribution < -0.4 is 16.6 Å². The average Bonchev–Trinajstić information content (AvgIpc) is 3.20. The largest absolute Gasteiger partial charge is 0.327 e. The molecule has 0 radical (unpaired) electrons. The third-order valence-corrected chi connectivity index (χ3v) is 5.76. The molecule has 0 spiro atoms. The van der Waals surface area contributed by atoms with Gasteiger partial charge in [-0.1, -0.05) is 30.3 Å². The van der Waals surface area contributed by atoms with Crippen LogP contribution in [0.2, 0.25) is 0 Å². The fourth-order valence-electron chi connectivity index (χ4n) is 4.48. The maximum Gasteiger partial charge on any atom is 0.274 e. The maximum absolute atomic E-state index is 12.7. The van der Waals surface area contributed by atoms with Gasteiger partial charge in [-0.15, -0.1) is 12.4 Å². The molecule has 1 aromatic carbocycles. The number of aromatic nitrogens is 1. The van der Waals surface area contributed by atoms with Crippen LogP contribution in [0.15, 0.2) is 53.5 Å². The van der Waals surface area contributed by atoms with Crippen molar-refractivity contribution in [2.45, 2.75) is 31.8 Å². The molecule has 138 valence electrons. The van der Waals surface area contributed by atoms with E-state index >= 15 is 0 Å². The minimum Gasteiger partial charge on any atom is -0.327 e. The fourth-order valence-corrected chi connectivity index (χ4v) is 4.48. The summed E-state index contributed by atoms with van der Waals surface area (Å²) in [6.07, 6.45) is 4.99. The third kappa shape index (κ3) is 3.41. The van der Waals surface area contributed by atoms with Gasteiger partial charge in [0.2, 0.25) is 5.91 Å². The molecule has 1 aromatic heterocycles. The molecule has 2 aromatic rings. The number of amides is 1. The molecule has 4 rings (SSSR count). The molecule has 2 aliphatic carbocycles. The van der Waals surface area contributed by atoms with E-state index in [9.17, 15) is 9.59 Å². The van der Waals surface area contributed by atoms with Crippen LogP contribution in [0, 0.1) is 17.8 Å². The molecule has 2 fully saturated rings. The van der Waals surface area contributed by atoms with E-state index in [1.165, 1.54) is 0 Å². The van der Waals surface area contributed by atoms with Gasteiger partial charge in [0.25, 0.3) is 5.56 Å². The lowest BCUT2D eigenvalue weighted by Gasteiger charge is -2.26. The highest BCUT2D eigenvalue weighted by atomic mass is 35.5. The SMILES string of the molecule is Cl.NC1C2CCC(C2)C1C(=O)Nc1cccn(Cc2ccccc2)c1=O. The summed E-state index contributed by atoms with van der Waals surface area (Å²) >= 11 is 0. The minimum atomic E-state index is -0.184.